The summed E-state index contributed by atoms with van der Waals surface area (Å²) >= 11 is 0. The number of hydrogen-bond donors (Lipinski definition) is 3. The number of carbonyl (C=O) groups excluding carboxylic acids is 1. The molecule has 10 nitrogen and oxygen atoms in total. The number of anilines is 4. The van der Waals surface area contributed by atoms with E-state index in [1.54, 1.807) is 6.33 Å². The van der Waals surface area contributed by atoms with Crippen LogP contribution in [0.3, 0.4) is 0 Å². The Bertz CT molecular complexity index is 1540. The molecule has 0 spiro atoms. The maximum Gasteiger partial charge on any atom is 0.255 e. The first-order valence-corrected chi connectivity index (χ1v) is 14.2. The summed E-state index contributed by atoms with van der Waals surface area (Å²) in [4.78, 5) is 26.7. The van der Waals surface area contributed by atoms with Gasteiger partial charge in [-0.25, -0.2) is 9.97 Å². The van der Waals surface area contributed by atoms with Crippen LogP contribution in [0.25, 0.3) is 5.82 Å². The average Bonchev–Trinajstić information content (AvgIpc) is 3.69. The van der Waals surface area contributed by atoms with Crippen LogP contribution < -0.4 is 16.0 Å². The van der Waals surface area contributed by atoms with E-state index in [9.17, 15) is 4.79 Å². The number of hydrogen-bond acceptors (Lipinski definition) is 8. The van der Waals surface area contributed by atoms with Gasteiger partial charge in [-0.15, -0.1) is 0 Å². The predicted molar refractivity (Wildman–Crippen MR) is 162 cm³/mol. The molecule has 2 fully saturated rings. The van der Waals surface area contributed by atoms with E-state index in [2.05, 4.69) is 48.8 Å². The van der Waals surface area contributed by atoms with Gasteiger partial charge in [-0.1, -0.05) is 23.8 Å². The number of benzene rings is 2. The molecule has 1 aliphatic carbocycles. The quantitative estimate of drug-likeness (QED) is 0.278. The minimum Gasteiger partial charge on any atom is -0.367 e. The molecule has 0 unspecified atom stereocenters. The second-order valence-electron chi connectivity index (χ2n) is 11.2. The van der Waals surface area contributed by atoms with Crippen molar-refractivity contribution in [3.8, 4) is 5.82 Å². The SMILES string of the molecule is Cc1cccc(C(=O)Nc2ccc(C)c(Nc3cc(CN4CCN(C)CC4)nn3-c3cc(NC4CC4)ncn3)c2)c1. The van der Waals surface area contributed by atoms with E-state index >= 15 is 0 Å². The largest absolute Gasteiger partial charge is 0.367 e. The van der Waals surface area contributed by atoms with Crippen molar-refractivity contribution in [3.63, 3.8) is 0 Å². The normalized spacial score (nSPS) is 16.0. The summed E-state index contributed by atoms with van der Waals surface area (Å²) < 4.78 is 1.85. The fourth-order valence-corrected chi connectivity index (χ4v) is 4.95. The highest BCUT2D eigenvalue weighted by Gasteiger charge is 2.22. The summed E-state index contributed by atoms with van der Waals surface area (Å²) in [6.07, 6.45) is 3.91. The molecule has 2 aliphatic rings. The summed E-state index contributed by atoms with van der Waals surface area (Å²) in [5, 5.41) is 15.1. The molecule has 1 saturated heterocycles. The number of likely N-dealkylation sites (N-methyl/N-ethyl adjacent to an activating group) is 1. The van der Waals surface area contributed by atoms with E-state index < -0.39 is 0 Å². The number of piperazine rings is 1. The van der Waals surface area contributed by atoms with Gasteiger partial charge in [-0.05, 0) is 63.6 Å². The van der Waals surface area contributed by atoms with Crippen molar-refractivity contribution in [3.05, 3.63) is 83.3 Å². The Morgan fingerprint density at radius 3 is 2.59 bits per heavy atom. The highest BCUT2D eigenvalue weighted by molar-refractivity contribution is 6.04. The first-order chi connectivity index (χ1) is 19.9. The van der Waals surface area contributed by atoms with Crippen molar-refractivity contribution in [2.75, 3.05) is 49.2 Å². The van der Waals surface area contributed by atoms with E-state index in [0.717, 1.165) is 66.9 Å². The molecule has 1 amide bonds. The fraction of sp³-hybridized carbons (Fsp3) is 0.355. The predicted octanol–water partition coefficient (Wildman–Crippen LogP) is 4.60. The summed E-state index contributed by atoms with van der Waals surface area (Å²) in [7, 11) is 2.16. The molecule has 212 valence electrons. The van der Waals surface area contributed by atoms with Crippen LogP contribution in [0.1, 0.15) is 40.0 Å². The van der Waals surface area contributed by atoms with Crippen LogP contribution in [0.15, 0.2) is 60.9 Å². The van der Waals surface area contributed by atoms with Crippen LogP contribution in [-0.2, 0) is 6.54 Å². The standard InChI is InChI=1S/C31H37N9O/c1-21-5-4-6-23(15-21)31(41)35-25-8-7-22(2)27(16-25)36-30-17-26(19-39-13-11-38(3)12-14-39)37-40(30)29-18-28(32-20-33-29)34-24-9-10-24/h4-8,15-18,20,24,36H,9-14,19H2,1-3H3,(H,35,41)(H,32,33,34). The smallest absolute Gasteiger partial charge is 0.255 e. The number of amides is 1. The van der Waals surface area contributed by atoms with Gasteiger partial charge < -0.3 is 20.9 Å². The van der Waals surface area contributed by atoms with Crippen LogP contribution in [0.2, 0.25) is 0 Å². The van der Waals surface area contributed by atoms with Gasteiger partial charge in [0.05, 0.1) is 5.69 Å². The summed E-state index contributed by atoms with van der Waals surface area (Å²) in [6.45, 7) is 8.91. The van der Waals surface area contributed by atoms with Gasteiger partial charge in [0.2, 0.25) is 0 Å². The van der Waals surface area contributed by atoms with Gasteiger partial charge in [0.1, 0.15) is 18.0 Å². The molecule has 3 heterocycles. The minimum absolute atomic E-state index is 0.139. The molecule has 2 aromatic heterocycles. The summed E-state index contributed by atoms with van der Waals surface area (Å²) in [5.74, 6) is 2.16. The zero-order chi connectivity index (χ0) is 28.3. The number of rotatable bonds is 9. The first-order valence-electron chi connectivity index (χ1n) is 14.2. The van der Waals surface area contributed by atoms with E-state index in [4.69, 9.17) is 5.10 Å². The van der Waals surface area contributed by atoms with Crippen LogP contribution in [0.4, 0.5) is 23.0 Å². The second-order valence-corrected chi connectivity index (χ2v) is 11.2. The summed E-state index contributed by atoms with van der Waals surface area (Å²) in [5.41, 5.74) is 5.28. The maximum absolute atomic E-state index is 12.9. The van der Waals surface area contributed by atoms with Crippen LogP contribution >= 0.6 is 0 Å². The molecule has 3 N–H and O–H groups in total. The lowest BCUT2D eigenvalue weighted by Gasteiger charge is -2.31. The van der Waals surface area contributed by atoms with Crippen LogP contribution in [0, 0.1) is 13.8 Å². The molecule has 41 heavy (non-hydrogen) atoms. The van der Waals surface area contributed by atoms with E-state index in [1.165, 1.54) is 12.8 Å². The Balaban J connectivity index is 1.27. The number of nitrogens with one attached hydrogen (secondary N) is 3. The van der Waals surface area contributed by atoms with Crippen molar-refractivity contribution in [1.82, 2.24) is 29.5 Å². The molecule has 0 atom stereocenters. The number of aryl methyl sites for hydroxylation is 2. The zero-order valence-electron chi connectivity index (χ0n) is 23.9. The van der Waals surface area contributed by atoms with Crippen LogP contribution in [-0.4, -0.2) is 74.7 Å². The molecule has 1 saturated carbocycles. The number of nitrogens with zero attached hydrogens (tertiary/aromatic N) is 6. The first kappa shape index (κ1) is 26.9. The lowest BCUT2D eigenvalue weighted by molar-refractivity contribution is 0.102. The Kier molecular flexibility index (Phi) is 7.67. The molecule has 10 heteroatoms. The minimum atomic E-state index is -0.139. The van der Waals surface area contributed by atoms with Crippen molar-refractivity contribution < 1.29 is 4.79 Å². The van der Waals surface area contributed by atoms with Crippen molar-refractivity contribution in [2.45, 2.75) is 39.3 Å². The maximum atomic E-state index is 12.9. The van der Waals surface area contributed by atoms with Gasteiger partial charge in [0.25, 0.3) is 5.91 Å². The van der Waals surface area contributed by atoms with E-state index in [1.807, 2.05) is 67.1 Å². The van der Waals surface area contributed by atoms with Gasteiger partial charge in [0.15, 0.2) is 5.82 Å². The van der Waals surface area contributed by atoms with E-state index in [-0.39, 0.29) is 5.91 Å². The van der Waals surface area contributed by atoms with Crippen LogP contribution in [0.5, 0.6) is 0 Å². The lowest BCUT2D eigenvalue weighted by atomic mass is 10.1. The second kappa shape index (κ2) is 11.7. The Morgan fingerprint density at radius 1 is 0.976 bits per heavy atom. The Morgan fingerprint density at radius 2 is 1.80 bits per heavy atom. The van der Waals surface area contributed by atoms with Crippen molar-refractivity contribution >= 4 is 28.9 Å². The van der Waals surface area contributed by atoms with Gasteiger partial charge >= 0.3 is 0 Å². The number of aromatic nitrogens is 4. The molecule has 6 rings (SSSR count). The molecule has 2 aromatic carbocycles. The lowest BCUT2D eigenvalue weighted by Crippen LogP contribution is -2.43. The molecule has 0 radical (unpaired) electrons. The van der Waals surface area contributed by atoms with Gasteiger partial charge in [-0.2, -0.15) is 9.78 Å². The highest BCUT2D eigenvalue weighted by atomic mass is 16.1. The van der Waals surface area contributed by atoms with Gasteiger partial charge in [0, 0.05) is 67.8 Å². The Hall–Kier alpha value is -4.28. The molecule has 1 aliphatic heterocycles. The Labute approximate surface area is 240 Å². The number of carbonyl (C=O) groups is 1. The molecule has 0 bridgehead atoms. The summed E-state index contributed by atoms with van der Waals surface area (Å²) in [6, 6.07) is 18.0. The van der Waals surface area contributed by atoms with Gasteiger partial charge in [-0.3, -0.25) is 9.69 Å². The third kappa shape index (κ3) is 6.72. The topological polar surface area (TPSA) is 103 Å². The zero-order valence-corrected chi connectivity index (χ0v) is 23.9. The third-order valence-electron chi connectivity index (χ3n) is 7.58. The monoisotopic (exact) mass is 551 g/mol. The average molecular weight is 552 g/mol. The molecular weight excluding hydrogens is 514 g/mol. The van der Waals surface area contributed by atoms with Crippen molar-refractivity contribution in [1.29, 1.82) is 0 Å². The van der Waals surface area contributed by atoms with Crippen molar-refractivity contribution in [2.24, 2.45) is 0 Å². The molecule has 4 aromatic rings. The molecular formula is C31H37N9O. The fourth-order valence-electron chi connectivity index (χ4n) is 4.95. The third-order valence-corrected chi connectivity index (χ3v) is 7.58. The highest BCUT2D eigenvalue weighted by Crippen LogP contribution is 2.28. The van der Waals surface area contributed by atoms with E-state index in [0.29, 0.717) is 23.1 Å².